The number of aliphatic hydroxyl groups excluding tert-OH is 1. The number of carbonyl (C=O) groups excluding carboxylic acids is 8. The zero-order chi connectivity index (χ0) is 47.3. The van der Waals surface area contributed by atoms with E-state index >= 15 is 0 Å². The van der Waals surface area contributed by atoms with Crippen molar-refractivity contribution in [1.29, 1.82) is 0 Å². The second-order valence-electron chi connectivity index (χ2n) is 17.2. The number of nitrogens with two attached hydrogens (primary N) is 1. The normalized spacial score (nSPS) is 16.3. The van der Waals surface area contributed by atoms with Gasteiger partial charge >= 0.3 is 5.97 Å². The molecule has 0 saturated heterocycles. The highest BCUT2D eigenvalue weighted by Gasteiger charge is 2.35. The molecule has 12 N–H and O–H groups in total. The van der Waals surface area contributed by atoms with Crippen molar-refractivity contribution in [3.63, 3.8) is 0 Å². The fourth-order valence-electron chi connectivity index (χ4n) is 6.12. The molecule has 0 aromatic rings. The van der Waals surface area contributed by atoms with E-state index in [-0.39, 0.29) is 24.8 Å². The van der Waals surface area contributed by atoms with E-state index in [1.807, 2.05) is 13.8 Å². The van der Waals surface area contributed by atoms with Gasteiger partial charge in [0, 0.05) is 12.5 Å². The maximum atomic E-state index is 13.7. The number of carboxylic acids is 1. The first-order valence-corrected chi connectivity index (χ1v) is 21.3. The number of carbonyl (C=O) groups is 9. The van der Waals surface area contributed by atoms with Crippen molar-refractivity contribution in [3.8, 4) is 0 Å². The summed E-state index contributed by atoms with van der Waals surface area (Å²) in [4.78, 5) is 116. The Morgan fingerprint density at radius 3 is 1.38 bits per heavy atom. The number of amides is 8. The molecule has 61 heavy (non-hydrogen) atoms. The van der Waals surface area contributed by atoms with Gasteiger partial charge in [-0.05, 0) is 56.3 Å². The second kappa shape index (κ2) is 27.9. The van der Waals surface area contributed by atoms with Crippen LogP contribution in [-0.2, 0) is 43.2 Å². The molecule has 20 heteroatoms. The standard InChI is InChI=1S/C41H75N9O11/c1-13-23(9)33(47-30(53)18-43-36(55)25(11)45-29(52)17-27(42)15-20(3)4)38(57)44-19-31(54)48-34(24(10)14-2)39(58)46-28(16-21(5)6)37(56)50-35(26(12)51)40(59)49-32(22(7)8)41(60)61/h20-28,32-35,51H,13-19,42H2,1-12H3,(H,43,55)(H,44,57)(H,45,52)(H,46,58)(H,47,53)(H,48,54)(H,49,59)(H,50,56)(H,60,61)/t23-,24-,25-,26+,27-,28-,32-,33-,34-,35-/m0/s1. The molecule has 0 fully saturated rings. The van der Waals surface area contributed by atoms with Gasteiger partial charge in [-0.25, -0.2) is 4.79 Å². The number of carboxylic acid groups (broad SMARTS) is 1. The summed E-state index contributed by atoms with van der Waals surface area (Å²) < 4.78 is 0. The molecule has 0 bridgehead atoms. The third kappa shape index (κ3) is 21.5. The summed E-state index contributed by atoms with van der Waals surface area (Å²) in [6.07, 6.45) is 0.226. The lowest BCUT2D eigenvalue weighted by atomic mass is 9.96. The van der Waals surface area contributed by atoms with Crippen LogP contribution >= 0.6 is 0 Å². The number of nitrogens with one attached hydrogen (secondary N) is 8. The molecule has 0 aliphatic heterocycles. The lowest BCUT2D eigenvalue weighted by Gasteiger charge is -2.29. The van der Waals surface area contributed by atoms with Gasteiger partial charge in [0.05, 0.1) is 19.2 Å². The molecule has 8 amide bonds. The molecule has 0 heterocycles. The lowest BCUT2D eigenvalue weighted by Crippen LogP contribution is -2.61. The first-order chi connectivity index (χ1) is 28.2. The van der Waals surface area contributed by atoms with E-state index in [4.69, 9.17) is 5.73 Å². The van der Waals surface area contributed by atoms with Crippen LogP contribution in [0.5, 0.6) is 0 Å². The fourth-order valence-corrected chi connectivity index (χ4v) is 6.12. The SMILES string of the molecule is CC[C@H](C)[C@H](NC(=O)CNC(=O)[C@H](C)NC(=O)C[C@@H](N)CC(C)C)C(=O)NCC(=O)N[C@H](C(=O)N[C@@H](CC(C)C)C(=O)N[C@H](C(=O)N[C@H](C(=O)O)C(C)C)[C@@H](C)O)[C@@H](C)CC. The molecular weight excluding hydrogens is 795 g/mol. The molecule has 0 aliphatic rings. The smallest absolute Gasteiger partial charge is 0.326 e. The van der Waals surface area contributed by atoms with Crippen molar-refractivity contribution >= 4 is 53.2 Å². The summed E-state index contributed by atoms with van der Waals surface area (Å²) in [6.45, 7) is 19.4. The molecule has 0 aromatic heterocycles. The summed E-state index contributed by atoms with van der Waals surface area (Å²) >= 11 is 0. The minimum Gasteiger partial charge on any atom is -0.480 e. The lowest BCUT2D eigenvalue weighted by molar-refractivity contribution is -0.144. The third-order valence-corrected chi connectivity index (χ3v) is 10.1. The number of rotatable bonds is 28. The van der Waals surface area contributed by atoms with Crippen molar-refractivity contribution in [2.24, 2.45) is 35.3 Å². The molecule has 0 rings (SSSR count). The monoisotopic (exact) mass is 870 g/mol. The van der Waals surface area contributed by atoms with Gasteiger partial charge in [-0.15, -0.1) is 0 Å². The molecule has 0 unspecified atom stereocenters. The van der Waals surface area contributed by atoms with E-state index in [0.717, 1.165) is 0 Å². The zero-order valence-electron chi connectivity index (χ0n) is 38.1. The molecule has 0 aromatic carbocycles. The van der Waals surface area contributed by atoms with Crippen LogP contribution in [0.4, 0.5) is 0 Å². The van der Waals surface area contributed by atoms with Crippen molar-refractivity contribution in [3.05, 3.63) is 0 Å². The van der Waals surface area contributed by atoms with Crippen molar-refractivity contribution in [2.45, 2.75) is 164 Å². The van der Waals surface area contributed by atoms with Gasteiger partial charge in [0.15, 0.2) is 0 Å². The predicted molar refractivity (Wildman–Crippen MR) is 228 cm³/mol. The Hall–Kier alpha value is -4.85. The average Bonchev–Trinajstić information content (AvgIpc) is 3.15. The molecule has 0 aliphatic carbocycles. The van der Waals surface area contributed by atoms with Crippen molar-refractivity contribution in [2.75, 3.05) is 13.1 Å². The molecule has 20 nitrogen and oxygen atoms in total. The highest BCUT2D eigenvalue weighted by molar-refractivity contribution is 5.97. The van der Waals surface area contributed by atoms with Crippen LogP contribution in [0.3, 0.4) is 0 Å². The first kappa shape index (κ1) is 56.1. The topological polar surface area (TPSA) is 316 Å². The fraction of sp³-hybridized carbons (Fsp3) is 0.780. The van der Waals surface area contributed by atoms with E-state index in [1.165, 1.54) is 13.8 Å². The third-order valence-electron chi connectivity index (χ3n) is 10.1. The van der Waals surface area contributed by atoms with Crippen LogP contribution in [0.2, 0.25) is 0 Å². The average molecular weight is 870 g/mol. The van der Waals surface area contributed by atoms with Crippen LogP contribution in [-0.4, -0.2) is 125 Å². The van der Waals surface area contributed by atoms with E-state index < -0.39 is 126 Å². The predicted octanol–water partition coefficient (Wildman–Crippen LogP) is -0.829. The molecular formula is C41H75N9O11. The Morgan fingerprint density at radius 1 is 0.508 bits per heavy atom. The minimum absolute atomic E-state index is 0.0380. The Kier molecular flexibility index (Phi) is 25.7. The second-order valence-corrected chi connectivity index (χ2v) is 17.2. The summed E-state index contributed by atoms with van der Waals surface area (Å²) in [7, 11) is 0. The van der Waals surface area contributed by atoms with E-state index in [1.54, 1.807) is 55.4 Å². The summed E-state index contributed by atoms with van der Waals surface area (Å²) in [5.41, 5.74) is 5.98. The Balaban J connectivity index is 5.69. The largest absolute Gasteiger partial charge is 0.480 e. The molecule has 350 valence electrons. The summed E-state index contributed by atoms with van der Waals surface area (Å²) in [6, 6.07) is -7.66. The summed E-state index contributed by atoms with van der Waals surface area (Å²) in [5.74, 6) is -8.13. The summed E-state index contributed by atoms with van der Waals surface area (Å²) in [5, 5.41) is 39.9. The van der Waals surface area contributed by atoms with Gasteiger partial charge in [0.25, 0.3) is 0 Å². The van der Waals surface area contributed by atoms with Crippen molar-refractivity contribution in [1.82, 2.24) is 42.5 Å². The van der Waals surface area contributed by atoms with E-state index in [2.05, 4.69) is 42.5 Å². The van der Waals surface area contributed by atoms with Gasteiger partial charge < -0.3 is 58.5 Å². The first-order valence-electron chi connectivity index (χ1n) is 21.3. The quantitative estimate of drug-likeness (QED) is 0.0459. The maximum absolute atomic E-state index is 13.7. The van der Waals surface area contributed by atoms with Crippen LogP contribution in [0.15, 0.2) is 0 Å². The Morgan fingerprint density at radius 2 is 0.951 bits per heavy atom. The van der Waals surface area contributed by atoms with E-state index in [9.17, 15) is 53.4 Å². The van der Waals surface area contributed by atoms with Gasteiger partial charge in [-0.1, -0.05) is 82.1 Å². The van der Waals surface area contributed by atoms with Gasteiger partial charge in [0.1, 0.15) is 36.3 Å². The molecule has 0 saturated carbocycles. The Bertz CT molecular complexity index is 1490. The van der Waals surface area contributed by atoms with E-state index in [0.29, 0.717) is 25.2 Å². The Labute approximate surface area is 360 Å². The molecule has 10 atom stereocenters. The van der Waals surface area contributed by atoms with Crippen LogP contribution in [0, 0.1) is 29.6 Å². The highest BCUT2D eigenvalue weighted by atomic mass is 16.4. The van der Waals surface area contributed by atoms with Gasteiger partial charge in [0.2, 0.25) is 47.3 Å². The minimum atomic E-state index is -1.55. The van der Waals surface area contributed by atoms with Crippen LogP contribution in [0.25, 0.3) is 0 Å². The highest BCUT2D eigenvalue weighted by Crippen LogP contribution is 2.13. The van der Waals surface area contributed by atoms with Gasteiger partial charge in [-0.3, -0.25) is 38.4 Å². The maximum Gasteiger partial charge on any atom is 0.326 e. The van der Waals surface area contributed by atoms with Gasteiger partial charge in [-0.2, -0.15) is 0 Å². The zero-order valence-corrected chi connectivity index (χ0v) is 38.1. The van der Waals surface area contributed by atoms with Crippen LogP contribution < -0.4 is 48.3 Å². The number of hydrogen-bond acceptors (Lipinski definition) is 11. The molecule has 0 radical (unpaired) electrons. The number of aliphatic carboxylic acids is 1. The van der Waals surface area contributed by atoms with Crippen LogP contribution in [0.1, 0.15) is 115 Å². The molecule has 0 spiro atoms. The van der Waals surface area contributed by atoms with Crippen molar-refractivity contribution < 1.29 is 53.4 Å². The number of aliphatic hydroxyl groups is 1. The number of hydrogen-bond donors (Lipinski definition) is 11.